The van der Waals surface area contributed by atoms with Crippen molar-refractivity contribution < 1.29 is 4.74 Å². The van der Waals surface area contributed by atoms with Crippen molar-refractivity contribution in [2.75, 3.05) is 13.2 Å². The number of hydrogen-bond donors (Lipinski definition) is 1. The van der Waals surface area contributed by atoms with E-state index in [0.717, 1.165) is 26.0 Å². The van der Waals surface area contributed by atoms with E-state index in [1.165, 1.54) is 11.3 Å². The van der Waals surface area contributed by atoms with E-state index >= 15 is 0 Å². The molecule has 0 aromatic carbocycles. The lowest BCUT2D eigenvalue weighted by atomic mass is 9.89. The molecule has 1 aliphatic carbocycles. The molecule has 4 nitrogen and oxygen atoms in total. The third-order valence-electron chi connectivity index (χ3n) is 3.00. The monoisotopic (exact) mass is 191 g/mol. The van der Waals surface area contributed by atoms with Gasteiger partial charge in [-0.2, -0.15) is 0 Å². The number of fused-ring (bicyclic) bond motifs is 2. The Kier molecular flexibility index (Phi) is 1.96. The van der Waals surface area contributed by atoms with E-state index in [0.29, 0.717) is 12.1 Å². The number of nitrogens with zero attached hydrogens (tertiary/aromatic N) is 2. The van der Waals surface area contributed by atoms with Crippen molar-refractivity contribution in [3.8, 4) is 0 Å². The zero-order valence-electron chi connectivity index (χ0n) is 7.94. The van der Waals surface area contributed by atoms with Crippen molar-refractivity contribution in [3.05, 3.63) is 23.8 Å². The molecule has 1 aromatic heterocycles. The van der Waals surface area contributed by atoms with Crippen LogP contribution in [0.15, 0.2) is 12.5 Å². The van der Waals surface area contributed by atoms with Gasteiger partial charge in [0.2, 0.25) is 0 Å². The second-order valence-corrected chi connectivity index (χ2v) is 3.87. The van der Waals surface area contributed by atoms with Crippen molar-refractivity contribution in [3.63, 3.8) is 0 Å². The van der Waals surface area contributed by atoms with Crippen molar-refractivity contribution in [1.82, 2.24) is 15.3 Å². The smallest absolute Gasteiger partial charge is 0.115 e. The largest absolute Gasteiger partial charge is 0.375 e. The molecule has 4 heteroatoms. The molecule has 0 saturated carbocycles. The fourth-order valence-corrected chi connectivity index (χ4v) is 2.27. The van der Waals surface area contributed by atoms with Gasteiger partial charge in [0.1, 0.15) is 6.33 Å². The Morgan fingerprint density at radius 3 is 3.43 bits per heavy atom. The van der Waals surface area contributed by atoms with Gasteiger partial charge in [0.25, 0.3) is 0 Å². The summed E-state index contributed by atoms with van der Waals surface area (Å²) >= 11 is 0. The summed E-state index contributed by atoms with van der Waals surface area (Å²) < 4.78 is 5.72. The summed E-state index contributed by atoms with van der Waals surface area (Å²) in [4.78, 5) is 8.35. The molecule has 0 bridgehead atoms. The molecular weight excluding hydrogens is 178 g/mol. The maximum absolute atomic E-state index is 5.72. The third kappa shape index (κ3) is 1.31. The molecule has 2 heterocycles. The summed E-state index contributed by atoms with van der Waals surface area (Å²) in [6, 6.07) is 0.450. The quantitative estimate of drug-likeness (QED) is 0.623. The summed E-state index contributed by atoms with van der Waals surface area (Å²) in [5.74, 6) is 0. The fraction of sp³-hybridized carbons (Fsp3) is 0.600. The molecule has 3 rings (SSSR count). The van der Waals surface area contributed by atoms with Crippen molar-refractivity contribution in [1.29, 1.82) is 0 Å². The van der Waals surface area contributed by atoms with Crippen LogP contribution in [-0.2, 0) is 17.6 Å². The summed E-state index contributed by atoms with van der Waals surface area (Å²) in [5, 5.41) is 3.48. The first-order valence-electron chi connectivity index (χ1n) is 5.06. The van der Waals surface area contributed by atoms with Gasteiger partial charge in [-0.1, -0.05) is 0 Å². The molecule has 0 amide bonds. The Hall–Kier alpha value is -1.00. The Morgan fingerprint density at radius 2 is 2.43 bits per heavy atom. The predicted molar refractivity (Wildman–Crippen MR) is 51.0 cm³/mol. The molecule has 0 spiro atoms. The first kappa shape index (κ1) is 8.32. The molecule has 1 saturated heterocycles. The van der Waals surface area contributed by atoms with Crippen LogP contribution in [0.4, 0.5) is 0 Å². The number of aromatic nitrogens is 2. The Labute approximate surface area is 82.7 Å². The molecule has 74 valence electrons. The van der Waals surface area contributed by atoms with Gasteiger partial charge in [-0.15, -0.1) is 0 Å². The van der Waals surface area contributed by atoms with Crippen molar-refractivity contribution in [2.24, 2.45) is 0 Å². The Balaban J connectivity index is 1.91. The highest BCUT2D eigenvalue weighted by atomic mass is 16.5. The van der Waals surface area contributed by atoms with Gasteiger partial charge in [0.15, 0.2) is 0 Å². The maximum Gasteiger partial charge on any atom is 0.115 e. The van der Waals surface area contributed by atoms with Crippen LogP contribution in [0.1, 0.15) is 11.3 Å². The van der Waals surface area contributed by atoms with E-state index in [2.05, 4.69) is 15.3 Å². The van der Waals surface area contributed by atoms with Gasteiger partial charge < -0.3 is 10.1 Å². The zero-order valence-corrected chi connectivity index (χ0v) is 7.94. The van der Waals surface area contributed by atoms with E-state index in [-0.39, 0.29) is 0 Å². The predicted octanol–water partition coefficient (Wildman–Crippen LogP) is -0.0678. The van der Waals surface area contributed by atoms with Crippen LogP contribution in [0.5, 0.6) is 0 Å². The number of rotatable bonds is 0. The van der Waals surface area contributed by atoms with Gasteiger partial charge >= 0.3 is 0 Å². The summed E-state index contributed by atoms with van der Waals surface area (Å²) in [6.45, 7) is 1.78. The first-order valence-corrected chi connectivity index (χ1v) is 5.06. The number of nitrogens with one attached hydrogen (secondary N) is 1. The summed E-state index contributed by atoms with van der Waals surface area (Å²) in [5.41, 5.74) is 2.43. The third-order valence-corrected chi connectivity index (χ3v) is 3.00. The van der Waals surface area contributed by atoms with E-state index in [1.54, 1.807) is 6.33 Å². The molecule has 0 radical (unpaired) electrons. The standard InChI is InChI=1S/C10H13N3O/c1-2-14-10-3-7-5-11-6-13-8(7)4-9(10)12-1/h5-6,9-10,12H,1-4H2. The van der Waals surface area contributed by atoms with Crippen molar-refractivity contribution >= 4 is 0 Å². The van der Waals surface area contributed by atoms with Crippen LogP contribution >= 0.6 is 0 Å². The molecule has 1 aromatic rings. The normalized spacial score (nSPS) is 30.6. The van der Waals surface area contributed by atoms with Crippen LogP contribution < -0.4 is 5.32 Å². The minimum absolute atomic E-state index is 0.322. The first-order chi connectivity index (χ1) is 6.93. The molecule has 1 N–H and O–H groups in total. The molecule has 1 fully saturated rings. The molecule has 2 aliphatic rings. The fourth-order valence-electron chi connectivity index (χ4n) is 2.27. The average Bonchev–Trinajstić information content (AvgIpc) is 2.26. The van der Waals surface area contributed by atoms with Crippen LogP contribution in [-0.4, -0.2) is 35.3 Å². The lowest BCUT2D eigenvalue weighted by molar-refractivity contribution is -0.00795. The van der Waals surface area contributed by atoms with E-state index in [9.17, 15) is 0 Å². The highest BCUT2D eigenvalue weighted by Gasteiger charge is 2.31. The van der Waals surface area contributed by atoms with Crippen LogP contribution in [0.3, 0.4) is 0 Å². The molecular formula is C10H13N3O. The lowest BCUT2D eigenvalue weighted by Crippen LogP contribution is -2.52. The molecule has 1 aliphatic heterocycles. The van der Waals surface area contributed by atoms with Crippen LogP contribution in [0, 0.1) is 0 Å². The van der Waals surface area contributed by atoms with Gasteiger partial charge in [0, 0.05) is 37.3 Å². The molecule has 14 heavy (non-hydrogen) atoms. The topological polar surface area (TPSA) is 47.0 Å². The second kappa shape index (κ2) is 3.29. The SMILES string of the molecule is c1ncc2c(n1)CC1NCCOC1C2. The van der Waals surface area contributed by atoms with Gasteiger partial charge in [-0.05, 0) is 5.56 Å². The van der Waals surface area contributed by atoms with Gasteiger partial charge in [-0.3, -0.25) is 0 Å². The maximum atomic E-state index is 5.72. The van der Waals surface area contributed by atoms with Gasteiger partial charge in [-0.25, -0.2) is 9.97 Å². The Morgan fingerprint density at radius 1 is 1.43 bits per heavy atom. The minimum atomic E-state index is 0.322. The summed E-state index contributed by atoms with van der Waals surface area (Å²) in [7, 11) is 0. The van der Waals surface area contributed by atoms with Crippen LogP contribution in [0.25, 0.3) is 0 Å². The van der Waals surface area contributed by atoms with E-state index < -0.39 is 0 Å². The number of ether oxygens (including phenoxy) is 1. The minimum Gasteiger partial charge on any atom is -0.375 e. The zero-order chi connectivity index (χ0) is 9.38. The molecule has 2 atom stereocenters. The highest BCUT2D eigenvalue weighted by Crippen LogP contribution is 2.22. The van der Waals surface area contributed by atoms with Crippen molar-refractivity contribution in [2.45, 2.75) is 25.0 Å². The number of hydrogen-bond acceptors (Lipinski definition) is 4. The van der Waals surface area contributed by atoms with E-state index in [4.69, 9.17) is 4.74 Å². The summed E-state index contributed by atoms with van der Waals surface area (Å²) in [6.07, 6.45) is 5.79. The molecule has 2 unspecified atom stereocenters. The Bertz CT molecular complexity index is 309. The van der Waals surface area contributed by atoms with Crippen LogP contribution in [0.2, 0.25) is 0 Å². The second-order valence-electron chi connectivity index (χ2n) is 3.87. The highest BCUT2D eigenvalue weighted by molar-refractivity contribution is 5.23. The van der Waals surface area contributed by atoms with E-state index in [1.807, 2.05) is 6.20 Å². The average molecular weight is 191 g/mol. The van der Waals surface area contributed by atoms with Gasteiger partial charge in [0.05, 0.1) is 12.7 Å². The lowest BCUT2D eigenvalue weighted by Gasteiger charge is -2.36. The number of morpholine rings is 1.